The molecule has 1 aromatic carbocycles. The normalized spacial score (nSPS) is 16.7. The second-order valence-electron chi connectivity index (χ2n) is 5.71. The van der Waals surface area contributed by atoms with Gasteiger partial charge >= 0.3 is 0 Å². The monoisotopic (exact) mass is 354 g/mol. The summed E-state index contributed by atoms with van der Waals surface area (Å²) in [4.78, 5) is 40.4. The number of anilines is 1. The van der Waals surface area contributed by atoms with E-state index in [2.05, 4.69) is 6.58 Å². The van der Waals surface area contributed by atoms with E-state index in [1.54, 1.807) is 30.3 Å². The number of hydrogen-bond acceptors (Lipinski definition) is 5. The fourth-order valence-electron chi connectivity index (χ4n) is 2.89. The Morgan fingerprint density at radius 2 is 2.08 bits per heavy atom. The molecule has 3 amide bonds. The Morgan fingerprint density at radius 3 is 2.65 bits per heavy atom. The van der Waals surface area contributed by atoms with E-state index in [-0.39, 0.29) is 24.6 Å². The third-order valence-corrected chi connectivity index (χ3v) is 4.15. The molecule has 2 aromatic rings. The Kier molecular flexibility index (Phi) is 4.88. The van der Waals surface area contributed by atoms with Gasteiger partial charge in [-0.25, -0.2) is 4.90 Å². The van der Waals surface area contributed by atoms with Crippen molar-refractivity contribution in [3.63, 3.8) is 0 Å². The molecule has 0 spiro atoms. The Hall–Kier alpha value is -3.35. The summed E-state index contributed by atoms with van der Waals surface area (Å²) in [6.07, 6.45) is 2.80. The van der Waals surface area contributed by atoms with E-state index < -0.39 is 17.9 Å². The lowest BCUT2D eigenvalue weighted by Crippen LogP contribution is -2.45. The van der Waals surface area contributed by atoms with Crippen molar-refractivity contribution in [1.82, 2.24) is 4.90 Å². The van der Waals surface area contributed by atoms with Crippen molar-refractivity contribution < 1.29 is 23.5 Å². The zero-order chi connectivity index (χ0) is 18.7. The molecule has 0 saturated carbocycles. The van der Waals surface area contributed by atoms with Crippen LogP contribution < -0.4 is 9.64 Å². The van der Waals surface area contributed by atoms with Gasteiger partial charge < -0.3 is 14.1 Å². The van der Waals surface area contributed by atoms with E-state index in [0.717, 1.165) is 4.90 Å². The summed E-state index contributed by atoms with van der Waals surface area (Å²) in [7, 11) is 1.53. The van der Waals surface area contributed by atoms with Crippen LogP contribution in [-0.4, -0.2) is 42.3 Å². The molecule has 134 valence electrons. The summed E-state index contributed by atoms with van der Waals surface area (Å²) in [6, 6.07) is 8.79. The summed E-state index contributed by atoms with van der Waals surface area (Å²) >= 11 is 0. The summed E-state index contributed by atoms with van der Waals surface area (Å²) < 4.78 is 10.2. The quantitative estimate of drug-likeness (QED) is 0.587. The minimum atomic E-state index is -0.903. The van der Waals surface area contributed by atoms with Crippen LogP contribution in [0.25, 0.3) is 0 Å². The second-order valence-corrected chi connectivity index (χ2v) is 5.71. The zero-order valence-electron chi connectivity index (χ0n) is 14.3. The third kappa shape index (κ3) is 3.11. The molecule has 1 unspecified atom stereocenters. The van der Waals surface area contributed by atoms with Crippen LogP contribution in [0.5, 0.6) is 5.75 Å². The predicted octanol–water partition coefficient (Wildman–Crippen LogP) is 2.25. The molecule has 0 N–H and O–H groups in total. The molecule has 1 saturated heterocycles. The minimum Gasteiger partial charge on any atom is -0.497 e. The van der Waals surface area contributed by atoms with Gasteiger partial charge in [0.25, 0.3) is 11.8 Å². The van der Waals surface area contributed by atoms with Crippen molar-refractivity contribution in [1.29, 1.82) is 0 Å². The van der Waals surface area contributed by atoms with Gasteiger partial charge in [0, 0.05) is 6.54 Å². The van der Waals surface area contributed by atoms with Crippen molar-refractivity contribution in [3.8, 4) is 5.75 Å². The number of carbonyl (C=O) groups excluding carboxylic acids is 3. The number of methoxy groups -OCH3 is 1. The van der Waals surface area contributed by atoms with Crippen LogP contribution >= 0.6 is 0 Å². The molecule has 0 bridgehead atoms. The van der Waals surface area contributed by atoms with Crippen LogP contribution in [-0.2, 0) is 9.59 Å². The van der Waals surface area contributed by atoms with E-state index in [1.165, 1.54) is 30.4 Å². The van der Waals surface area contributed by atoms with Gasteiger partial charge in [0.1, 0.15) is 11.8 Å². The lowest BCUT2D eigenvalue weighted by Gasteiger charge is -2.25. The summed E-state index contributed by atoms with van der Waals surface area (Å²) in [6.45, 7) is 3.75. The number of ether oxygens (including phenoxy) is 1. The number of rotatable bonds is 6. The molecule has 3 rings (SSSR count). The number of benzene rings is 1. The van der Waals surface area contributed by atoms with Crippen molar-refractivity contribution in [2.24, 2.45) is 0 Å². The van der Waals surface area contributed by atoms with Crippen LogP contribution in [0.4, 0.5) is 5.69 Å². The number of amides is 3. The Labute approximate surface area is 150 Å². The fourth-order valence-corrected chi connectivity index (χ4v) is 2.89. The SMILES string of the molecule is C=CCN(C(=O)c1ccco1)C1CC(=O)N(c2ccc(OC)cc2)C1=O. The van der Waals surface area contributed by atoms with Crippen LogP contribution in [0, 0.1) is 0 Å². The van der Waals surface area contributed by atoms with Gasteiger partial charge in [-0.2, -0.15) is 0 Å². The maximum absolute atomic E-state index is 12.9. The Balaban J connectivity index is 1.87. The maximum atomic E-state index is 12.9. The van der Waals surface area contributed by atoms with Gasteiger partial charge in [0.05, 0.1) is 25.5 Å². The molecule has 1 aliphatic rings. The van der Waals surface area contributed by atoms with Gasteiger partial charge in [0.15, 0.2) is 5.76 Å². The van der Waals surface area contributed by atoms with Crippen LogP contribution in [0.15, 0.2) is 59.7 Å². The van der Waals surface area contributed by atoms with E-state index in [4.69, 9.17) is 9.15 Å². The summed E-state index contributed by atoms with van der Waals surface area (Å²) in [5.41, 5.74) is 0.437. The average molecular weight is 354 g/mol. The van der Waals surface area contributed by atoms with Crippen molar-refractivity contribution in [2.45, 2.75) is 12.5 Å². The summed E-state index contributed by atoms with van der Waals surface area (Å²) in [5.74, 6) is -0.563. The van der Waals surface area contributed by atoms with Crippen LogP contribution in [0.3, 0.4) is 0 Å². The predicted molar refractivity (Wildman–Crippen MR) is 93.8 cm³/mol. The second kappa shape index (κ2) is 7.26. The van der Waals surface area contributed by atoms with Crippen molar-refractivity contribution in [2.75, 3.05) is 18.6 Å². The topological polar surface area (TPSA) is 80.1 Å². The fraction of sp³-hybridized carbons (Fsp3) is 0.211. The first-order valence-electron chi connectivity index (χ1n) is 8.03. The van der Waals surface area contributed by atoms with E-state index in [9.17, 15) is 14.4 Å². The largest absolute Gasteiger partial charge is 0.497 e. The van der Waals surface area contributed by atoms with Gasteiger partial charge in [-0.15, -0.1) is 6.58 Å². The molecule has 1 aromatic heterocycles. The molecule has 2 heterocycles. The number of imide groups is 1. The van der Waals surface area contributed by atoms with E-state index in [1.807, 2.05) is 0 Å². The lowest BCUT2D eigenvalue weighted by molar-refractivity contribution is -0.122. The number of hydrogen-bond donors (Lipinski definition) is 0. The van der Waals surface area contributed by atoms with E-state index >= 15 is 0 Å². The first-order valence-corrected chi connectivity index (χ1v) is 8.03. The molecule has 7 heteroatoms. The van der Waals surface area contributed by atoms with Gasteiger partial charge in [0.2, 0.25) is 5.91 Å². The standard InChI is InChI=1S/C19H18N2O5/c1-3-10-20(19(24)16-5-4-11-26-16)15-12-17(22)21(18(15)23)13-6-8-14(25-2)9-7-13/h3-9,11,15H,1,10,12H2,2H3. The minimum absolute atomic E-state index is 0.0921. The molecule has 1 atom stereocenters. The van der Waals surface area contributed by atoms with Gasteiger partial charge in [-0.05, 0) is 36.4 Å². The first kappa shape index (κ1) is 17.5. The lowest BCUT2D eigenvalue weighted by atomic mass is 10.2. The highest BCUT2D eigenvalue weighted by Crippen LogP contribution is 2.28. The first-order chi connectivity index (χ1) is 12.6. The van der Waals surface area contributed by atoms with Crippen LogP contribution in [0.1, 0.15) is 17.0 Å². The summed E-state index contributed by atoms with van der Waals surface area (Å²) in [5, 5.41) is 0. The molecular weight excluding hydrogens is 336 g/mol. The van der Waals surface area contributed by atoms with Gasteiger partial charge in [-0.3, -0.25) is 14.4 Å². The zero-order valence-corrected chi connectivity index (χ0v) is 14.3. The Bertz CT molecular complexity index is 826. The number of carbonyl (C=O) groups is 3. The molecule has 1 fully saturated rings. The van der Waals surface area contributed by atoms with Crippen molar-refractivity contribution in [3.05, 3.63) is 61.1 Å². The maximum Gasteiger partial charge on any atom is 0.290 e. The Morgan fingerprint density at radius 1 is 1.35 bits per heavy atom. The van der Waals surface area contributed by atoms with E-state index in [0.29, 0.717) is 11.4 Å². The smallest absolute Gasteiger partial charge is 0.290 e. The molecular formula is C19H18N2O5. The molecule has 0 radical (unpaired) electrons. The molecule has 1 aliphatic heterocycles. The highest BCUT2D eigenvalue weighted by Gasteiger charge is 2.44. The molecule has 0 aliphatic carbocycles. The number of nitrogens with zero attached hydrogens (tertiary/aromatic N) is 2. The average Bonchev–Trinajstić information content (AvgIpc) is 3.28. The highest BCUT2D eigenvalue weighted by atomic mass is 16.5. The molecule has 26 heavy (non-hydrogen) atoms. The van der Waals surface area contributed by atoms with Crippen LogP contribution in [0.2, 0.25) is 0 Å². The van der Waals surface area contributed by atoms with Crippen molar-refractivity contribution >= 4 is 23.4 Å². The third-order valence-electron chi connectivity index (χ3n) is 4.15. The highest BCUT2D eigenvalue weighted by molar-refractivity contribution is 6.23. The number of furan rings is 1. The molecule has 7 nitrogen and oxygen atoms in total. The van der Waals surface area contributed by atoms with Gasteiger partial charge in [-0.1, -0.05) is 6.08 Å².